The van der Waals surface area contributed by atoms with Crippen molar-refractivity contribution in [1.29, 1.82) is 0 Å². The summed E-state index contributed by atoms with van der Waals surface area (Å²) in [5.74, 6) is 1.70. The molecule has 0 radical (unpaired) electrons. The van der Waals surface area contributed by atoms with E-state index in [-0.39, 0.29) is 0 Å². The van der Waals surface area contributed by atoms with E-state index in [9.17, 15) is 0 Å². The van der Waals surface area contributed by atoms with Gasteiger partial charge in [0.15, 0.2) is 0 Å². The van der Waals surface area contributed by atoms with Gasteiger partial charge in [-0.15, -0.1) is 0 Å². The molecule has 0 fully saturated rings. The Kier molecular flexibility index (Phi) is 3.53. The lowest BCUT2D eigenvalue weighted by Gasteiger charge is -2.10. The summed E-state index contributed by atoms with van der Waals surface area (Å²) in [6, 6.07) is 33.0. The minimum atomic E-state index is 0.849. The maximum atomic E-state index is 5.95. The molecule has 4 aromatic rings. The van der Waals surface area contributed by atoms with Crippen LogP contribution in [0.3, 0.4) is 0 Å². The van der Waals surface area contributed by atoms with E-state index in [1.54, 1.807) is 0 Å². The fourth-order valence-electron chi connectivity index (χ4n) is 2.83. The van der Waals surface area contributed by atoms with Crippen LogP contribution in [-0.2, 0) is 0 Å². The van der Waals surface area contributed by atoms with Crippen molar-refractivity contribution >= 4 is 10.8 Å². The molecular formula is C22H16O. The van der Waals surface area contributed by atoms with Crippen LogP contribution >= 0.6 is 0 Å². The molecule has 0 aliphatic carbocycles. The topological polar surface area (TPSA) is 9.23 Å². The van der Waals surface area contributed by atoms with Gasteiger partial charge in [0.1, 0.15) is 11.5 Å². The number of ether oxygens (including phenoxy) is 1. The summed E-state index contributed by atoms with van der Waals surface area (Å²) in [5.41, 5.74) is 2.39. The normalized spacial score (nSPS) is 10.6. The lowest BCUT2D eigenvalue weighted by Crippen LogP contribution is -1.85. The molecule has 0 aliphatic heterocycles. The summed E-state index contributed by atoms with van der Waals surface area (Å²) in [4.78, 5) is 0. The van der Waals surface area contributed by atoms with Crippen LogP contribution in [0.15, 0.2) is 97.1 Å². The van der Waals surface area contributed by atoms with Crippen molar-refractivity contribution in [2.45, 2.75) is 0 Å². The first-order valence-corrected chi connectivity index (χ1v) is 7.71. The lowest BCUT2D eigenvalue weighted by molar-refractivity contribution is 0.483. The van der Waals surface area contributed by atoms with Crippen LogP contribution in [0.4, 0.5) is 0 Å². The highest BCUT2D eigenvalue weighted by Gasteiger charge is 2.05. The third-order valence-electron chi connectivity index (χ3n) is 3.91. The van der Waals surface area contributed by atoms with E-state index >= 15 is 0 Å². The second-order valence-corrected chi connectivity index (χ2v) is 5.47. The lowest BCUT2D eigenvalue weighted by atomic mass is 9.98. The standard InChI is InChI=1S/C22H16O/c1-2-11-19(12-3-1)23-20-13-6-10-18(16-20)22-15-7-9-17-8-4-5-14-21(17)22/h1-16H. The fraction of sp³-hybridized carbons (Fsp3) is 0. The molecule has 0 atom stereocenters. The first-order chi connectivity index (χ1) is 11.4. The summed E-state index contributed by atoms with van der Waals surface area (Å²) >= 11 is 0. The quantitative estimate of drug-likeness (QED) is 0.431. The maximum Gasteiger partial charge on any atom is 0.128 e. The van der Waals surface area contributed by atoms with Crippen molar-refractivity contribution in [2.24, 2.45) is 0 Å². The number of rotatable bonds is 3. The van der Waals surface area contributed by atoms with Gasteiger partial charge in [0.2, 0.25) is 0 Å². The van der Waals surface area contributed by atoms with Crippen LogP contribution in [0.25, 0.3) is 21.9 Å². The Bertz CT molecular complexity index is 937. The molecular weight excluding hydrogens is 280 g/mol. The maximum absolute atomic E-state index is 5.95. The SMILES string of the molecule is c1ccc(Oc2cccc(-c3cccc4ccccc34)c2)cc1. The molecule has 110 valence electrons. The van der Waals surface area contributed by atoms with Crippen molar-refractivity contribution in [3.63, 3.8) is 0 Å². The minimum absolute atomic E-state index is 0.849. The summed E-state index contributed by atoms with van der Waals surface area (Å²) in [6.07, 6.45) is 0. The third-order valence-corrected chi connectivity index (χ3v) is 3.91. The monoisotopic (exact) mass is 296 g/mol. The largest absolute Gasteiger partial charge is 0.457 e. The van der Waals surface area contributed by atoms with E-state index in [0.717, 1.165) is 17.1 Å². The number of hydrogen-bond acceptors (Lipinski definition) is 1. The average molecular weight is 296 g/mol. The van der Waals surface area contributed by atoms with E-state index in [1.807, 2.05) is 42.5 Å². The zero-order valence-electron chi connectivity index (χ0n) is 12.6. The van der Waals surface area contributed by atoms with Gasteiger partial charge in [0.05, 0.1) is 0 Å². The summed E-state index contributed by atoms with van der Waals surface area (Å²) in [7, 11) is 0. The average Bonchev–Trinajstić information content (AvgIpc) is 2.62. The van der Waals surface area contributed by atoms with E-state index in [1.165, 1.54) is 16.3 Å². The number of para-hydroxylation sites is 1. The highest BCUT2D eigenvalue weighted by molar-refractivity contribution is 5.96. The third kappa shape index (κ3) is 2.82. The molecule has 23 heavy (non-hydrogen) atoms. The molecule has 0 amide bonds. The second kappa shape index (κ2) is 5.98. The molecule has 4 aromatic carbocycles. The van der Waals surface area contributed by atoms with Crippen LogP contribution < -0.4 is 4.74 Å². The summed E-state index contributed by atoms with van der Waals surface area (Å²) in [5, 5.41) is 2.51. The van der Waals surface area contributed by atoms with Gasteiger partial charge in [0, 0.05) is 0 Å². The molecule has 0 aliphatic rings. The molecule has 0 spiro atoms. The predicted molar refractivity (Wildman–Crippen MR) is 95.9 cm³/mol. The molecule has 1 heteroatoms. The second-order valence-electron chi connectivity index (χ2n) is 5.47. The molecule has 0 unspecified atom stereocenters. The Morgan fingerprint density at radius 1 is 0.522 bits per heavy atom. The summed E-state index contributed by atoms with van der Waals surface area (Å²) in [6.45, 7) is 0. The number of hydrogen-bond donors (Lipinski definition) is 0. The van der Waals surface area contributed by atoms with E-state index < -0.39 is 0 Å². The Morgan fingerprint density at radius 2 is 1.22 bits per heavy atom. The van der Waals surface area contributed by atoms with E-state index in [4.69, 9.17) is 4.74 Å². The first kappa shape index (κ1) is 13.6. The Hall–Kier alpha value is -3.06. The van der Waals surface area contributed by atoms with Crippen molar-refractivity contribution < 1.29 is 4.74 Å². The molecule has 0 heterocycles. The van der Waals surface area contributed by atoms with Crippen molar-refractivity contribution in [1.82, 2.24) is 0 Å². The van der Waals surface area contributed by atoms with Crippen LogP contribution in [-0.4, -0.2) is 0 Å². The van der Waals surface area contributed by atoms with Crippen molar-refractivity contribution in [2.75, 3.05) is 0 Å². The zero-order valence-corrected chi connectivity index (χ0v) is 12.6. The molecule has 0 N–H and O–H groups in total. The number of benzene rings is 4. The molecule has 4 rings (SSSR count). The van der Waals surface area contributed by atoms with E-state index in [2.05, 4.69) is 54.6 Å². The Morgan fingerprint density at radius 3 is 2.13 bits per heavy atom. The van der Waals surface area contributed by atoms with Crippen LogP contribution in [0.1, 0.15) is 0 Å². The molecule has 0 saturated heterocycles. The van der Waals surface area contributed by atoms with E-state index in [0.29, 0.717) is 0 Å². The predicted octanol–water partition coefficient (Wildman–Crippen LogP) is 6.30. The summed E-state index contributed by atoms with van der Waals surface area (Å²) < 4.78 is 5.95. The highest BCUT2D eigenvalue weighted by Crippen LogP contribution is 2.31. The molecule has 0 saturated carbocycles. The minimum Gasteiger partial charge on any atom is -0.457 e. The van der Waals surface area contributed by atoms with Crippen LogP contribution in [0.5, 0.6) is 11.5 Å². The molecule has 1 nitrogen and oxygen atoms in total. The van der Waals surface area contributed by atoms with Crippen molar-refractivity contribution in [3.05, 3.63) is 97.1 Å². The zero-order chi connectivity index (χ0) is 15.5. The van der Waals surface area contributed by atoms with Gasteiger partial charge in [-0.25, -0.2) is 0 Å². The van der Waals surface area contributed by atoms with Crippen molar-refractivity contribution in [3.8, 4) is 22.6 Å². The van der Waals surface area contributed by atoms with Crippen LogP contribution in [0.2, 0.25) is 0 Å². The van der Waals surface area contributed by atoms with Gasteiger partial charge in [-0.2, -0.15) is 0 Å². The van der Waals surface area contributed by atoms with Gasteiger partial charge in [-0.1, -0.05) is 72.8 Å². The first-order valence-electron chi connectivity index (χ1n) is 7.71. The van der Waals surface area contributed by atoms with Gasteiger partial charge < -0.3 is 4.74 Å². The van der Waals surface area contributed by atoms with Gasteiger partial charge in [0.25, 0.3) is 0 Å². The molecule has 0 bridgehead atoms. The van der Waals surface area contributed by atoms with Crippen LogP contribution in [0, 0.1) is 0 Å². The Balaban J connectivity index is 1.76. The van der Waals surface area contributed by atoms with Gasteiger partial charge in [-0.3, -0.25) is 0 Å². The van der Waals surface area contributed by atoms with Gasteiger partial charge >= 0.3 is 0 Å². The highest BCUT2D eigenvalue weighted by atomic mass is 16.5. The Labute approximate surface area is 135 Å². The fourth-order valence-corrected chi connectivity index (χ4v) is 2.83. The smallest absolute Gasteiger partial charge is 0.128 e. The number of fused-ring (bicyclic) bond motifs is 1. The molecule has 0 aromatic heterocycles. The van der Waals surface area contributed by atoms with Gasteiger partial charge in [-0.05, 0) is 46.2 Å².